The number of ether oxygens (including phenoxy) is 2. The molecule has 2 aromatic rings. The standard InChI is InChI=1S/C13H14N4O5S/c1-21-10-8-11(22-2)15-12(14-10)16-13(18)17-23(19,20)9-6-4-3-5-7-9/h3-8H,1-2H3,(H2,14,15,16,17,18). The van der Waals surface area contributed by atoms with E-state index in [4.69, 9.17) is 9.47 Å². The summed E-state index contributed by atoms with van der Waals surface area (Å²) in [6.07, 6.45) is 0. The van der Waals surface area contributed by atoms with Crippen LogP contribution in [0.4, 0.5) is 10.7 Å². The van der Waals surface area contributed by atoms with Gasteiger partial charge in [-0.2, -0.15) is 9.97 Å². The minimum absolute atomic E-state index is 0.0423. The molecule has 0 saturated heterocycles. The quantitative estimate of drug-likeness (QED) is 0.834. The van der Waals surface area contributed by atoms with Crippen molar-refractivity contribution in [2.45, 2.75) is 4.90 Å². The first-order chi connectivity index (χ1) is 10.9. The van der Waals surface area contributed by atoms with Gasteiger partial charge in [-0.25, -0.2) is 17.9 Å². The molecule has 1 aromatic heterocycles. The molecule has 0 spiro atoms. The Morgan fingerprint density at radius 1 is 1.04 bits per heavy atom. The number of methoxy groups -OCH3 is 2. The highest BCUT2D eigenvalue weighted by molar-refractivity contribution is 7.90. The maximum atomic E-state index is 12.0. The molecule has 0 unspecified atom stereocenters. The highest BCUT2D eigenvalue weighted by atomic mass is 32.2. The summed E-state index contributed by atoms with van der Waals surface area (Å²) in [5, 5.41) is 2.21. The normalized spacial score (nSPS) is 10.7. The van der Waals surface area contributed by atoms with Crippen LogP contribution in [-0.4, -0.2) is 38.6 Å². The predicted octanol–water partition coefficient (Wildman–Crippen LogP) is 1.00. The van der Waals surface area contributed by atoms with E-state index in [0.29, 0.717) is 0 Å². The highest BCUT2D eigenvalue weighted by Gasteiger charge is 2.18. The van der Waals surface area contributed by atoms with Gasteiger partial charge < -0.3 is 9.47 Å². The van der Waals surface area contributed by atoms with Gasteiger partial charge in [0.15, 0.2) is 0 Å². The zero-order chi connectivity index (χ0) is 16.9. The fraction of sp³-hybridized carbons (Fsp3) is 0.154. The molecule has 9 nitrogen and oxygen atoms in total. The van der Waals surface area contributed by atoms with Crippen LogP contribution in [0.1, 0.15) is 0 Å². The Bertz CT molecular complexity index is 773. The topological polar surface area (TPSA) is 120 Å². The molecule has 122 valence electrons. The van der Waals surface area contributed by atoms with Gasteiger partial charge in [0.25, 0.3) is 10.0 Å². The molecule has 1 heterocycles. The van der Waals surface area contributed by atoms with Crippen molar-refractivity contribution in [1.82, 2.24) is 14.7 Å². The minimum Gasteiger partial charge on any atom is -0.481 e. The number of nitrogens with zero attached hydrogens (tertiary/aromatic N) is 2. The molecular formula is C13H14N4O5S. The number of carbonyl (C=O) groups is 1. The average Bonchev–Trinajstić information content (AvgIpc) is 2.54. The van der Waals surface area contributed by atoms with Crippen LogP contribution >= 0.6 is 0 Å². The third-order valence-electron chi connectivity index (χ3n) is 2.60. The Labute approximate surface area is 132 Å². The molecule has 0 aliphatic carbocycles. The smallest absolute Gasteiger partial charge is 0.335 e. The van der Waals surface area contributed by atoms with Crippen LogP contribution in [0.25, 0.3) is 0 Å². The van der Waals surface area contributed by atoms with Gasteiger partial charge in [0, 0.05) is 0 Å². The van der Waals surface area contributed by atoms with E-state index >= 15 is 0 Å². The number of benzene rings is 1. The maximum Gasteiger partial charge on any atom is 0.335 e. The van der Waals surface area contributed by atoms with Gasteiger partial charge in [-0.3, -0.25) is 5.32 Å². The summed E-state index contributed by atoms with van der Waals surface area (Å²) >= 11 is 0. The number of hydrogen-bond acceptors (Lipinski definition) is 7. The second-order valence-corrected chi connectivity index (χ2v) is 5.83. The first-order valence-electron chi connectivity index (χ1n) is 6.30. The molecule has 2 N–H and O–H groups in total. The molecule has 0 aliphatic rings. The van der Waals surface area contributed by atoms with Crippen LogP contribution in [-0.2, 0) is 10.0 Å². The zero-order valence-electron chi connectivity index (χ0n) is 12.3. The lowest BCUT2D eigenvalue weighted by Gasteiger charge is -2.09. The van der Waals surface area contributed by atoms with Crippen molar-refractivity contribution in [3.63, 3.8) is 0 Å². The molecule has 23 heavy (non-hydrogen) atoms. The third kappa shape index (κ3) is 4.30. The third-order valence-corrected chi connectivity index (χ3v) is 3.95. The first kappa shape index (κ1) is 16.5. The summed E-state index contributed by atoms with van der Waals surface area (Å²) in [4.78, 5) is 19.5. The van der Waals surface area contributed by atoms with Gasteiger partial charge in [-0.1, -0.05) is 18.2 Å². The summed E-state index contributed by atoms with van der Waals surface area (Å²) in [6.45, 7) is 0. The minimum atomic E-state index is -3.99. The maximum absolute atomic E-state index is 12.0. The summed E-state index contributed by atoms with van der Waals surface area (Å²) in [7, 11) is -1.23. The predicted molar refractivity (Wildman–Crippen MR) is 80.9 cm³/mol. The van der Waals surface area contributed by atoms with Gasteiger partial charge in [-0.15, -0.1) is 0 Å². The Morgan fingerprint density at radius 2 is 1.61 bits per heavy atom. The second kappa shape index (κ2) is 6.92. The average molecular weight is 338 g/mol. The van der Waals surface area contributed by atoms with E-state index in [-0.39, 0.29) is 22.6 Å². The Morgan fingerprint density at radius 3 is 2.13 bits per heavy atom. The zero-order valence-corrected chi connectivity index (χ0v) is 13.1. The number of rotatable bonds is 5. The lowest BCUT2D eigenvalue weighted by Crippen LogP contribution is -2.34. The Kier molecular flexibility index (Phi) is 4.96. The monoisotopic (exact) mass is 338 g/mol. The lowest BCUT2D eigenvalue weighted by molar-refractivity contribution is 0.256. The molecule has 0 atom stereocenters. The molecule has 1 aromatic carbocycles. The fourth-order valence-corrected chi connectivity index (χ4v) is 2.51. The summed E-state index contributed by atoms with van der Waals surface area (Å²) in [5.74, 6) is 0.137. The van der Waals surface area contributed by atoms with Crippen molar-refractivity contribution in [3.05, 3.63) is 36.4 Å². The van der Waals surface area contributed by atoms with Crippen LogP contribution in [0.2, 0.25) is 0 Å². The summed E-state index contributed by atoms with van der Waals surface area (Å²) < 4.78 is 35.7. The number of nitrogens with one attached hydrogen (secondary N) is 2. The Balaban J connectivity index is 2.14. The molecule has 0 fully saturated rings. The lowest BCUT2D eigenvalue weighted by atomic mass is 10.4. The van der Waals surface area contributed by atoms with Crippen LogP contribution in [0.5, 0.6) is 11.8 Å². The van der Waals surface area contributed by atoms with E-state index in [1.54, 1.807) is 18.2 Å². The van der Waals surface area contributed by atoms with E-state index in [1.807, 2.05) is 4.72 Å². The number of amides is 2. The number of carbonyl (C=O) groups excluding carboxylic acids is 1. The van der Waals surface area contributed by atoms with E-state index in [0.717, 1.165) is 0 Å². The molecule has 2 rings (SSSR count). The SMILES string of the molecule is COc1cc(OC)nc(NC(=O)NS(=O)(=O)c2ccccc2)n1. The fourth-order valence-electron chi connectivity index (χ4n) is 1.58. The van der Waals surface area contributed by atoms with E-state index in [2.05, 4.69) is 15.3 Å². The summed E-state index contributed by atoms with van der Waals surface area (Å²) in [6, 6.07) is 7.87. The van der Waals surface area contributed by atoms with Crippen LogP contribution in [0.15, 0.2) is 41.3 Å². The van der Waals surface area contributed by atoms with E-state index in [1.165, 1.54) is 32.4 Å². The first-order valence-corrected chi connectivity index (χ1v) is 7.79. The molecule has 10 heteroatoms. The van der Waals surface area contributed by atoms with Crippen LogP contribution in [0, 0.1) is 0 Å². The molecule has 2 amide bonds. The van der Waals surface area contributed by atoms with E-state index in [9.17, 15) is 13.2 Å². The van der Waals surface area contributed by atoms with Gasteiger partial charge >= 0.3 is 6.03 Å². The number of sulfonamides is 1. The highest BCUT2D eigenvalue weighted by Crippen LogP contribution is 2.17. The van der Waals surface area contributed by atoms with Crippen LogP contribution < -0.4 is 19.5 Å². The van der Waals surface area contributed by atoms with Crippen molar-refractivity contribution >= 4 is 22.0 Å². The van der Waals surface area contributed by atoms with Crippen molar-refractivity contribution in [2.75, 3.05) is 19.5 Å². The van der Waals surface area contributed by atoms with E-state index < -0.39 is 16.1 Å². The Hall–Kier alpha value is -2.88. The van der Waals surface area contributed by atoms with Crippen molar-refractivity contribution in [1.29, 1.82) is 0 Å². The van der Waals surface area contributed by atoms with Crippen molar-refractivity contribution in [2.24, 2.45) is 0 Å². The van der Waals surface area contributed by atoms with Crippen molar-refractivity contribution in [3.8, 4) is 11.8 Å². The number of anilines is 1. The van der Waals surface area contributed by atoms with Gasteiger partial charge in [-0.05, 0) is 12.1 Å². The number of urea groups is 1. The van der Waals surface area contributed by atoms with Gasteiger partial charge in [0.05, 0.1) is 25.2 Å². The van der Waals surface area contributed by atoms with Crippen LogP contribution in [0.3, 0.4) is 0 Å². The number of aromatic nitrogens is 2. The molecule has 0 aliphatic heterocycles. The molecule has 0 radical (unpaired) electrons. The molecular weight excluding hydrogens is 324 g/mol. The second-order valence-electron chi connectivity index (χ2n) is 4.15. The summed E-state index contributed by atoms with van der Waals surface area (Å²) in [5.41, 5.74) is 0. The largest absolute Gasteiger partial charge is 0.481 e. The number of hydrogen-bond donors (Lipinski definition) is 2. The molecule has 0 bridgehead atoms. The van der Waals surface area contributed by atoms with Crippen molar-refractivity contribution < 1.29 is 22.7 Å². The van der Waals surface area contributed by atoms with Gasteiger partial charge in [0.2, 0.25) is 17.7 Å². The molecule has 0 saturated carbocycles. The van der Waals surface area contributed by atoms with Gasteiger partial charge in [0.1, 0.15) is 0 Å².